The first-order valence-electron chi connectivity index (χ1n) is 7.53. The Morgan fingerprint density at radius 3 is 2.68 bits per heavy atom. The van der Waals surface area contributed by atoms with Gasteiger partial charge in [-0.1, -0.05) is 43.7 Å². The van der Waals surface area contributed by atoms with Crippen molar-refractivity contribution in [2.75, 3.05) is 12.1 Å². The Balaban J connectivity index is 1.76. The summed E-state index contributed by atoms with van der Waals surface area (Å²) in [7, 11) is 0. The molecule has 0 saturated heterocycles. The van der Waals surface area contributed by atoms with Crippen LogP contribution in [0.5, 0.6) is 11.5 Å². The summed E-state index contributed by atoms with van der Waals surface area (Å²) in [5.41, 5.74) is 1.77. The maximum absolute atomic E-state index is 12.6. The van der Waals surface area contributed by atoms with E-state index in [0.717, 1.165) is 24.1 Å². The van der Waals surface area contributed by atoms with E-state index >= 15 is 0 Å². The highest BCUT2D eigenvalue weighted by Gasteiger charge is 2.21. The molecule has 0 aliphatic carbocycles. The van der Waals surface area contributed by atoms with Crippen molar-refractivity contribution in [3.63, 3.8) is 0 Å². The number of nitrogens with one attached hydrogen (secondary N) is 1. The summed E-state index contributed by atoms with van der Waals surface area (Å²) in [6.45, 7) is 2.32. The molecular weight excluding hydrogens is 278 g/mol. The molecule has 2 aromatic carbocycles. The maximum Gasteiger partial charge on any atom is 0.231 e. The van der Waals surface area contributed by atoms with Crippen molar-refractivity contribution >= 4 is 11.6 Å². The molecule has 0 unspecified atom stereocenters. The normalized spacial score (nSPS) is 13.7. The van der Waals surface area contributed by atoms with Gasteiger partial charge in [-0.15, -0.1) is 0 Å². The molecule has 1 N–H and O–H groups in total. The maximum atomic E-state index is 12.6. The van der Waals surface area contributed by atoms with Crippen LogP contribution >= 0.6 is 0 Å². The number of amides is 1. The lowest BCUT2D eigenvalue weighted by Crippen LogP contribution is -2.21. The van der Waals surface area contributed by atoms with Gasteiger partial charge in [-0.25, -0.2) is 0 Å². The van der Waals surface area contributed by atoms with E-state index in [1.54, 1.807) is 6.07 Å². The number of carbonyl (C=O) groups excluding carboxylic acids is 1. The van der Waals surface area contributed by atoms with Crippen molar-refractivity contribution < 1.29 is 14.3 Å². The predicted octanol–water partition coefficient (Wildman–Crippen LogP) is 3.94. The van der Waals surface area contributed by atoms with Crippen LogP contribution in [-0.4, -0.2) is 12.7 Å². The van der Waals surface area contributed by atoms with Crippen LogP contribution < -0.4 is 14.8 Å². The first-order valence-corrected chi connectivity index (χ1v) is 7.53. The van der Waals surface area contributed by atoms with Gasteiger partial charge in [0.2, 0.25) is 12.7 Å². The molecule has 1 aliphatic heterocycles. The molecule has 0 fully saturated rings. The molecule has 1 aliphatic rings. The van der Waals surface area contributed by atoms with Crippen LogP contribution in [0, 0.1) is 0 Å². The third kappa shape index (κ3) is 3.06. The molecule has 22 heavy (non-hydrogen) atoms. The van der Waals surface area contributed by atoms with Crippen molar-refractivity contribution in [2.45, 2.75) is 25.7 Å². The fourth-order valence-electron chi connectivity index (χ4n) is 2.63. The quantitative estimate of drug-likeness (QED) is 0.909. The van der Waals surface area contributed by atoms with Crippen molar-refractivity contribution in [3.05, 3.63) is 54.1 Å². The molecule has 4 heteroatoms. The van der Waals surface area contributed by atoms with E-state index in [9.17, 15) is 4.79 Å². The number of benzene rings is 2. The first-order chi connectivity index (χ1) is 10.8. The van der Waals surface area contributed by atoms with Gasteiger partial charge in [-0.05, 0) is 24.1 Å². The Morgan fingerprint density at radius 2 is 1.91 bits per heavy atom. The average molecular weight is 297 g/mol. The summed E-state index contributed by atoms with van der Waals surface area (Å²) >= 11 is 0. The van der Waals surface area contributed by atoms with Crippen molar-refractivity contribution in [1.29, 1.82) is 0 Å². The van der Waals surface area contributed by atoms with Gasteiger partial charge in [0.25, 0.3) is 0 Å². The lowest BCUT2D eigenvalue weighted by molar-refractivity contribution is -0.117. The van der Waals surface area contributed by atoms with E-state index in [4.69, 9.17) is 9.47 Å². The standard InChI is InChI=1S/C18H19NO3/c1-2-6-15(13-7-4-3-5-8-13)18(20)19-14-9-10-16-17(11-14)22-12-21-16/h3-5,7-11,15H,2,6,12H2,1H3,(H,19,20)/t15-/m0/s1. The lowest BCUT2D eigenvalue weighted by Gasteiger charge is -2.16. The fourth-order valence-corrected chi connectivity index (χ4v) is 2.63. The highest BCUT2D eigenvalue weighted by Crippen LogP contribution is 2.34. The van der Waals surface area contributed by atoms with Crippen LogP contribution in [0.4, 0.5) is 5.69 Å². The van der Waals surface area contributed by atoms with E-state index in [0.29, 0.717) is 11.5 Å². The summed E-state index contributed by atoms with van der Waals surface area (Å²) in [5, 5.41) is 2.98. The van der Waals surface area contributed by atoms with E-state index in [1.165, 1.54) is 0 Å². The van der Waals surface area contributed by atoms with E-state index in [2.05, 4.69) is 12.2 Å². The molecule has 0 spiro atoms. The molecule has 2 aromatic rings. The number of fused-ring (bicyclic) bond motifs is 1. The predicted molar refractivity (Wildman–Crippen MR) is 85.3 cm³/mol. The second-order valence-corrected chi connectivity index (χ2v) is 5.31. The second-order valence-electron chi connectivity index (χ2n) is 5.31. The third-order valence-corrected chi connectivity index (χ3v) is 3.74. The third-order valence-electron chi connectivity index (χ3n) is 3.74. The Bertz CT molecular complexity index is 655. The number of carbonyl (C=O) groups is 1. The van der Waals surface area contributed by atoms with Gasteiger partial charge < -0.3 is 14.8 Å². The fraction of sp³-hybridized carbons (Fsp3) is 0.278. The lowest BCUT2D eigenvalue weighted by atomic mass is 9.93. The minimum absolute atomic E-state index is 0.00640. The molecule has 0 saturated carbocycles. The van der Waals surface area contributed by atoms with Crippen LogP contribution in [-0.2, 0) is 4.79 Å². The Labute approximate surface area is 130 Å². The summed E-state index contributed by atoms with van der Waals surface area (Å²) in [4.78, 5) is 12.6. The van der Waals surface area contributed by atoms with Crippen molar-refractivity contribution in [2.24, 2.45) is 0 Å². The van der Waals surface area contributed by atoms with E-state index < -0.39 is 0 Å². The van der Waals surface area contributed by atoms with Gasteiger partial charge in [0, 0.05) is 11.8 Å². The van der Waals surface area contributed by atoms with Crippen LogP contribution in [0.2, 0.25) is 0 Å². The zero-order chi connectivity index (χ0) is 15.4. The molecular formula is C18H19NO3. The summed E-state index contributed by atoms with van der Waals surface area (Å²) in [5.74, 6) is 1.25. The van der Waals surface area contributed by atoms with Gasteiger partial charge in [0.1, 0.15) is 0 Å². The topological polar surface area (TPSA) is 47.6 Å². The molecule has 1 heterocycles. The van der Waals surface area contributed by atoms with Gasteiger partial charge in [-0.3, -0.25) is 4.79 Å². The summed E-state index contributed by atoms with van der Waals surface area (Å²) in [6, 6.07) is 15.3. The van der Waals surface area contributed by atoms with Gasteiger partial charge in [-0.2, -0.15) is 0 Å². The largest absolute Gasteiger partial charge is 0.454 e. The molecule has 1 amide bonds. The van der Waals surface area contributed by atoms with Gasteiger partial charge in [0.05, 0.1) is 5.92 Å². The molecule has 3 rings (SSSR count). The minimum Gasteiger partial charge on any atom is -0.454 e. The van der Waals surface area contributed by atoms with Crippen molar-refractivity contribution in [1.82, 2.24) is 0 Å². The van der Waals surface area contributed by atoms with Crippen LogP contribution in [0.1, 0.15) is 31.2 Å². The highest BCUT2D eigenvalue weighted by atomic mass is 16.7. The molecule has 0 aromatic heterocycles. The zero-order valence-electron chi connectivity index (χ0n) is 12.5. The SMILES string of the molecule is CCC[C@H](C(=O)Nc1ccc2c(c1)OCO2)c1ccccc1. The van der Waals surface area contributed by atoms with Crippen LogP contribution in [0.15, 0.2) is 48.5 Å². The van der Waals surface area contributed by atoms with Gasteiger partial charge >= 0.3 is 0 Å². The number of ether oxygens (including phenoxy) is 2. The molecule has 1 atom stereocenters. The van der Waals surface area contributed by atoms with Crippen LogP contribution in [0.25, 0.3) is 0 Å². The molecule has 114 valence electrons. The Morgan fingerprint density at radius 1 is 1.14 bits per heavy atom. The number of hydrogen-bond donors (Lipinski definition) is 1. The summed E-state index contributed by atoms with van der Waals surface area (Å²) in [6.07, 6.45) is 1.77. The summed E-state index contributed by atoms with van der Waals surface area (Å²) < 4.78 is 10.6. The van der Waals surface area contributed by atoms with E-state index in [-0.39, 0.29) is 18.6 Å². The smallest absolute Gasteiger partial charge is 0.231 e. The number of anilines is 1. The number of rotatable bonds is 5. The van der Waals surface area contributed by atoms with Crippen LogP contribution in [0.3, 0.4) is 0 Å². The second kappa shape index (κ2) is 6.52. The van der Waals surface area contributed by atoms with Crippen molar-refractivity contribution in [3.8, 4) is 11.5 Å². The minimum atomic E-state index is -0.142. The highest BCUT2D eigenvalue weighted by molar-refractivity contribution is 5.96. The molecule has 0 bridgehead atoms. The first kappa shape index (κ1) is 14.4. The average Bonchev–Trinajstić information content (AvgIpc) is 3.01. The zero-order valence-corrected chi connectivity index (χ0v) is 12.5. The monoisotopic (exact) mass is 297 g/mol. The molecule has 4 nitrogen and oxygen atoms in total. The van der Waals surface area contributed by atoms with Gasteiger partial charge in [0.15, 0.2) is 11.5 Å². The Hall–Kier alpha value is -2.49. The Kier molecular flexibility index (Phi) is 4.28. The van der Waals surface area contributed by atoms with E-state index in [1.807, 2.05) is 42.5 Å². The molecule has 0 radical (unpaired) electrons. The number of hydrogen-bond acceptors (Lipinski definition) is 3.